The van der Waals surface area contributed by atoms with Gasteiger partial charge in [0.25, 0.3) is 0 Å². The molecule has 0 radical (unpaired) electrons. The van der Waals surface area contributed by atoms with Gasteiger partial charge in [-0.25, -0.2) is 14.5 Å². The lowest BCUT2D eigenvalue weighted by Gasteiger charge is -2.35. The number of amides is 1. The lowest BCUT2D eigenvalue weighted by Crippen LogP contribution is -2.39. The molecular weight excluding hydrogens is 316 g/mol. The van der Waals surface area contributed by atoms with E-state index in [1.807, 2.05) is 33.2 Å². The Labute approximate surface area is 146 Å². The number of carbonyl (C=O) groups excluding carboxylic acids is 1. The third kappa shape index (κ3) is 3.14. The molecule has 1 aliphatic heterocycles. The van der Waals surface area contributed by atoms with Gasteiger partial charge in [0.05, 0.1) is 24.3 Å². The number of nitrogens with zero attached hydrogens (tertiary/aromatic N) is 6. The van der Waals surface area contributed by atoms with Gasteiger partial charge in [0.2, 0.25) is 5.91 Å². The maximum Gasteiger partial charge on any atom is 0.224 e. The number of piperidine rings is 1. The largest absolute Gasteiger partial charge is 0.337 e. The first kappa shape index (κ1) is 15.8. The van der Waals surface area contributed by atoms with Gasteiger partial charge in [-0.1, -0.05) is 0 Å². The van der Waals surface area contributed by atoms with E-state index in [0.717, 1.165) is 42.8 Å². The fraction of sp³-hybridized carbons (Fsp3) is 0.444. The van der Waals surface area contributed by atoms with Crippen molar-refractivity contribution in [1.82, 2.24) is 29.0 Å². The quantitative estimate of drug-likeness (QED) is 0.732. The highest BCUT2D eigenvalue weighted by Gasteiger charge is 2.29. The Bertz CT molecular complexity index is 869. The van der Waals surface area contributed by atoms with Crippen molar-refractivity contribution in [2.75, 3.05) is 6.54 Å². The Morgan fingerprint density at radius 3 is 3.08 bits per heavy atom. The number of aryl methyl sites for hydroxylation is 2. The lowest BCUT2D eigenvalue weighted by molar-refractivity contribution is -0.135. The van der Waals surface area contributed by atoms with Crippen LogP contribution in [0.5, 0.6) is 0 Å². The Balaban J connectivity index is 1.56. The van der Waals surface area contributed by atoms with Gasteiger partial charge in [-0.15, -0.1) is 0 Å². The van der Waals surface area contributed by atoms with Gasteiger partial charge in [0.1, 0.15) is 0 Å². The van der Waals surface area contributed by atoms with Crippen molar-refractivity contribution in [3.8, 4) is 0 Å². The molecular formula is C18H22N6O. The minimum atomic E-state index is 0.0580. The summed E-state index contributed by atoms with van der Waals surface area (Å²) >= 11 is 0. The highest BCUT2D eigenvalue weighted by molar-refractivity contribution is 5.76. The normalized spacial score (nSPS) is 18.0. The standard InChI is InChI=1S/C18H22N6O/c1-14-12-15(21-17-5-7-20-24(14)17)16-4-2-3-9-23(16)18(25)6-10-22-11-8-19-13-22/h5,7-8,11-13,16H,2-4,6,9-10H2,1H3. The van der Waals surface area contributed by atoms with Crippen LogP contribution < -0.4 is 0 Å². The maximum atomic E-state index is 12.8. The molecule has 4 rings (SSSR count). The van der Waals surface area contributed by atoms with E-state index in [9.17, 15) is 4.79 Å². The molecule has 3 aromatic heterocycles. The number of hydrogen-bond acceptors (Lipinski definition) is 4. The topological polar surface area (TPSA) is 68.3 Å². The smallest absolute Gasteiger partial charge is 0.224 e. The van der Waals surface area contributed by atoms with Crippen LogP contribution in [0.3, 0.4) is 0 Å². The molecule has 1 atom stereocenters. The molecule has 130 valence electrons. The van der Waals surface area contributed by atoms with E-state index in [1.165, 1.54) is 0 Å². The molecule has 7 heteroatoms. The van der Waals surface area contributed by atoms with Crippen molar-refractivity contribution in [1.29, 1.82) is 0 Å². The predicted octanol–water partition coefficient (Wildman–Crippen LogP) is 2.38. The third-order valence-electron chi connectivity index (χ3n) is 4.86. The van der Waals surface area contributed by atoms with Crippen LogP contribution in [0.1, 0.15) is 43.1 Å². The minimum absolute atomic E-state index is 0.0580. The van der Waals surface area contributed by atoms with Crippen molar-refractivity contribution >= 4 is 11.6 Å². The number of aromatic nitrogens is 5. The van der Waals surface area contributed by atoms with E-state index in [4.69, 9.17) is 4.98 Å². The summed E-state index contributed by atoms with van der Waals surface area (Å²) < 4.78 is 3.77. The van der Waals surface area contributed by atoms with Crippen LogP contribution in [-0.4, -0.2) is 41.5 Å². The lowest BCUT2D eigenvalue weighted by atomic mass is 9.98. The summed E-state index contributed by atoms with van der Waals surface area (Å²) in [5.74, 6) is 0.186. The van der Waals surface area contributed by atoms with Crippen LogP contribution >= 0.6 is 0 Å². The highest BCUT2D eigenvalue weighted by Crippen LogP contribution is 2.31. The van der Waals surface area contributed by atoms with Crippen molar-refractivity contribution in [3.63, 3.8) is 0 Å². The van der Waals surface area contributed by atoms with Crippen molar-refractivity contribution < 1.29 is 4.79 Å². The second kappa shape index (κ2) is 6.66. The number of hydrogen-bond donors (Lipinski definition) is 0. The van der Waals surface area contributed by atoms with Crippen LogP contribution in [0.25, 0.3) is 5.65 Å². The summed E-state index contributed by atoms with van der Waals surface area (Å²) in [4.78, 5) is 23.6. The molecule has 3 aromatic rings. The highest BCUT2D eigenvalue weighted by atomic mass is 16.2. The van der Waals surface area contributed by atoms with Gasteiger partial charge in [-0.05, 0) is 32.3 Å². The second-order valence-corrected chi connectivity index (χ2v) is 6.57. The van der Waals surface area contributed by atoms with Crippen molar-refractivity contribution in [2.24, 2.45) is 0 Å². The van der Waals surface area contributed by atoms with Crippen LogP contribution in [0.4, 0.5) is 0 Å². The van der Waals surface area contributed by atoms with E-state index in [0.29, 0.717) is 13.0 Å². The second-order valence-electron chi connectivity index (χ2n) is 6.57. The molecule has 1 amide bonds. The first-order valence-electron chi connectivity index (χ1n) is 8.79. The van der Waals surface area contributed by atoms with E-state index < -0.39 is 0 Å². The number of likely N-dealkylation sites (tertiary alicyclic amines) is 1. The fourth-order valence-electron chi connectivity index (χ4n) is 3.59. The summed E-state index contributed by atoms with van der Waals surface area (Å²) in [6.45, 7) is 3.49. The monoisotopic (exact) mass is 338 g/mol. The van der Waals surface area contributed by atoms with Crippen LogP contribution in [0.15, 0.2) is 37.1 Å². The zero-order valence-corrected chi connectivity index (χ0v) is 14.4. The van der Waals surface area contributed by atoms with Gasteiger partial charge in [0, 0.05) is 43.7 Å². The summed E-state index contributed by atoms with van der Waals surface area (Å²) in [6.07, 6.45) is 10.8. The van der Waals surface area contributed by atoms with Crippen LogP contribution in [0.2, 0.25) is 0 Å². The summed E-state index contributed by atoms with van der Waals surface area (Å²) in [5, 5.41) is 4.28. The van der Waals surface area contributed by atoms with Gasteiger partial charge in [0.15, 0.2) is 5.65 Å². The molecule has 1 aliphatic rings. The molecule has 1 fully saturated rings. The maximum absolute atomic E-state index is 12.8. The Morgan fingerprint density at radius 1 is 1.32 bits per heavy atom. The SMILES string of the molecule is Cc1cc(C2CCCCN2C(=O)CCn2ccnc2)nc2ccnn12. The molecule has 0 bridgehead atoms. The molecule has 0 aliphatic carbocycles. The van der Waals surface area contributed by atoms with Crippen LogP contribution in [0, 0.1) is 6.92 Å². The number of fused-ring (bicyclic) bond motifs is 1. The van der Waals surface area contributed by atoms with E-state index in [2.05, 4.69) is 16.1 Å². The van der Waals surface area contributed by atoms with Gasteiger partial charge in [-0.2, -0.15) is 5.10 Å². The van der Waals surface area contributed by atoms with Gasteiger partial charge < -0.3 is 9.47 Å². The van der Waals surface area contributed by atoms with Gasteiger partial charge in [-0.3, -0.25) is 4.79 Å². The van der Waals surface area contributed by atoms with E-state index in [1.54, 1.807) is 18.7 Å². The van der Waals surface area contributed by atoms with Crippen molar-refractivity contribution in [2.45, 2.75) is 45.2 Å². The molecule has 0 saturated carbocycles. The Morgan fingerprint density at radius 2 is 2.24 bits per heavy atom. The zero-order valence-electron chi connectivity index (χ0n) is 14.4. The van der Waals surface area contributed by atoms with E-state index >= 15 is 0 Å². The molecule has 7 nitrogen and oxygen atoms in total. The van der Waals surface area contributed by atoms with Crippen LogP contribution in [-0.2, 0) is 11.3 Å². The fourth-order valence-corrected chi connectivity index (χ4v) is 3.59. The summed E-state index contributed by atoms with van der Waals surface area (Å²) in [5.41, 5.74) is 2.86. The summed E-state index contributed by atoms with van der Waals surface area (Å²) in [6, 6.07) is 4.03. The molecule has 0 N–H and O–H groups in total. The molecule has 4 heterocycles. The zero-order chi connectivity index (χ0) is 17.2. The first-order valence-corrected chi connectivity index (χ1v) is 8.79. The Hall–Kier alpha value is -2.70. The molecule has 0 aromatic carbocycles. The van der Waals surface area contributed by atoms with E-state index in [-0.39, 0.29) is 11.9 Å². The number of imidazole rings is 1. The van der Waals surface area contributed by atoms with Crippen molar-refractivity contribution in [3.05, 3.63) is 48.4 Å². The Kier molecular flexibility index (Phi) is 4.21. The summed E-state index contributed by atoms with van der Waals surface area (Å²) in [7, 11) is 0. The molecule has 1 unspecified atom stereocenters. The third-order valence-corrected chi connectivity index (χ3v) is 4.86. The number of rotatable bonds is 4. The predicted molar refractivity (Wildman–Crippen MR) is 92.9 cm³/mol. The number of carbonyl (C=O) groups is 1. The minimum Gasteiger partial charge on any atom is -0.337 e. The average Bonchev–Trinajstić information content (AvgIpc) is 3.31. The first-order chi connectivity index (χ1) is 12.2. The van der Waals surface area contributed by atoms with Gasteiger partial charge >= 0.3 is 0 Å². The molecule has 1 saturated heterocycles. The molecule has 25 heavy (non-hydrogen) atoms. The average molecular weight is 338 g/mol. The molecule has 0 spiro atoms.